The maximum absolute atomic E-state index is 14.8. The van der Waals surface area contributed by atoms with Crippen molar-refractivity contribution in [1.82, 2.24) is 9.88 Å². The summed E-state index contributed by atoms with van der Waals surface area (Å²) in [5, 5.41) is 4.66. The van der Waals surface area contributed by atoms with Gasteiger partial charge in [-0.1, -0.05) is 42.1 Å². The van der Waals surface area contributed by atoms with E-state index in [0.29, 0.717) is 26.2 Å². The van der Waals surface area contributed by atoms with Gasteiger partial charge in [0.1, 0.15) is 11.9 Å². The third kappa shape index (κ3) is 4.12. The highest BCUT2D eigenvalue weighted by Crippen LogP contribution is 2.43. The van der Waals surface area contributed by atoms with E-state index in [-0.39, 0.29) is 23.3 Å². The van der Waals surface area contributed by atoms with E-state index in [1.165, 1.54) is 22.7 Å². The fourth-order valence-corrected chi connectivity index (χ4v) is 5.17. The fourth-order valence-electron chi connectivity index (χ4n) is 4.11. The third-order valence-corrected chi connectivity index (χ3v) is 6.71. The van der Waals surface area contributed by atoms with E-state index in [9.17, 15) is 14.0 Å². The number of nitrogens with one attached hydrogen (secondary N) is 1. The van der Waals surface area contributed by atoms with Crippen molar-refractivity contribution >= 4 is 40.2 Å². The molecule has 0 saturated heterocycles. The Hall–Kier alpha value is -2.84. The molecule has 1 aromatic heterocycles. The van der Waals surface area contributed by atoms with E-state index in [2.05, 4.69) is 5.32 Å². The van der Waals surface area contributed by atoms with Crippen LogP contribution >= 0.6 is 11.8 Å². The van der Waals surface area contributed by atoms with E-state index in [0.717, 1.165) is 21.5 Å². The van der Waals surface area contributed by atoms with Gasteiger partial charge in [0.2, 0.25) is 11.8 Å². The number of rotatable bonds is 7. The van der Waals surface area contributed by atoms with Gasteiger partial charge in [0, 0.05) is 43.3 Å². The van der Waals surface area contributed by atoms with E-state index in [1.54, 1.807) is 18.2 Å². The highest BCUT2D eigenvalue weighted by atomic mass is 32.2. The summed E-state index contributed by atoms with van der Waals surface area (Å²) in [4.78, 5) is 28.1. The van der Waals surface area contributed by atoms with Crippen LogP contribution < -0.4 is 10.2 Å². The minimum absolute atomic E-state index is 0.105. The molecular weight excluding hydrogens is 429 g/mol. The lowest BCUT2D eigenvalue weighted by atomic mass is 10.0. The largest absolute Gasteiger partial charge is 0.382 e. The summed E-state index contributed by atoms with van der Waals surface area (Å²) in [5.41, 5.74) is 1.79. The zero-order valence-corrected chi connectivity index (χ0v) is 19.0. The zero-order valence-electron chi connectivity index (χ0n) is 18.1. The number of aryl methyl sites for hydroxylation is 1. The SMILES string of the molecule is CCOCCCNC(=O)[C@@H]1c2c(n(C)c3ccccc23)SCC(=O)N1c1ccccc1F. The average molecular weight is 456 g/mol. The highest BCUT2D eigenvalue weighted by molar-refractivity contribution is 8.00. The van der Waals surface area contributed by atoms with Crippen molar-refractivity contribution in [2.24, 2.45) is 7.05 Å². The van der Waals surface area contributed by atoms with Crippen molar-refractivity contribution in [2.75, 3.05) is 30.4 Å². The molecule has 0 aliphatic carbocycles. The zero-order chi connectivity index (χ0) is 22.7. The third-order valence-electron chi connectivity index (χ3n) is 5.55. The molecule has 0 radical (unpaired) electrons. The molecule has 1 atom stereocenters. The van der Waals surface area contributed by atoms with Crippen LogP contribution in [-0.4, -0.2) is 41.9 Å². The van der Waals surface area contributed by atoms with Gasteiger partial charge in [-0.25, -0.2) is 4.39 Å². The summed E-state index contributed by atoms with van der Waals surface area (Å²) < 4.78 is 22.2. The number of para-hydroxylation sites is 2. The Morgan fingerprint density at radius 3 is 2.75 bits per heavy atom. The Morgan fingerprint density at radius 2 is 1.97 bits per heavy atom. The molecule has 0 saturated carbocycles. The number of carbonyl (C=O) groups is 2. The van der Waals surface area contributed by atoms with Crippen molar-refractivity contribution < 1.29 is 18.7 Å². The Morgan fingerprint density at radius 1 is 1.22 bits per heavy atom. The van der Waals surface area contributed by atoms with Crippen LogP contribution in [0.5, 0.6) is 0 Å². The number of thioether (sulfide) groups is 1. The molecule has 1 N–H and O–H groups in total. The summed E-state index contributed by atoms with van der Waals surface area (Å²) in [6, 6.07) is 12.9. The van der Waals surface area contributed by atoms with Crippen LogP contribution in [0.2, 0.25) is 0 Å². The molecule has 3 aromatic rings. The molecular formula is C24H26FN3O3S. The number of fused-ring (bicyclic) bond motifs is 3. The van der Waals surface area contributed by atoms with Crippen LogP contribution in [0.1, 0.15) is 24.9 Å². The average Bonchev–Trinajstić information content (AvgIpc) is 2.97. The van der Waals surface area contributed by atoms with Crippen LogP contribution in [0.4, 0.5) is 10.1 Å². The van der Waals surface area contributed by atoms with Crippen LogP contribution in [-0.2, 0) is 21.4 Å². The Kier molecular flexibility index (Phi) is 6.81. The summed E-state index contributed by atoms with van der Waals surface area (Å²) >= 11 is 1.38. The van der Waals surface area contributed by atoms with Crippen LogP contribution in [0.15, 0.2) is 53.6 Å². The molecule has 6 nitrogen and oxygen atoms in total. The Labute approximate surface area is 190 Å². The monoisotopic (exact) mass is 455 g/mol. The molecule has 2 aromatic carbocycles. The number of amides is 2. The molecule has 168 valence electrons. The Bertz CT molecular complexity index is 1150. The molecule has 2 heterocycles. The molecule has 1 aliphatic heterocycles. The maximum atomic E-state index is 14.8. The number of benzene rings is 2. The first-order valence-corrected chi connectivity index (χ1v) is 11.6. The topological polar surface area (TPSA) is 63.6 Å². The molecule has 8 heteroatoms. The second-order valence-corrected chi connectivity index (χ2v) is 8.51. The van der Waals surface area contributed by atoms with Crippen molar-refractivity contribution in [3.63, 3.8) is 0 Å². The maximum Gasteiger partial charge on any atom is 0.247 e. The van der Waals surface area contributed by atoms with Gasteiger partial charge in [0.15, 0.2) is 0 Å². The molecule has 0 unspecified atom stereocenters. The van der Waals surface area contributed by atoms with Crippen molar-refractivity contribution in [2.45, 2.75) is 24.4 Å². The van der Waals surface area contributed by atoms with Crippen molar-refractivity contribution in [3.05, 3.63) is 59.9 Å². The van der Waals surface area contributed by atoms with Gasteiger partial charge in [-0.05, 0) is 31.5 Å². The number of anilines is 1. The van der Waals surface area contributed by atoms with Crippen LogP contribution in [0.25, 0.3) is 10.9 Å². The molecule has 1 aliphatic rings. The number of hydrogen-bond donors (Lipinski definition) is 1. The number of ether oxygens (including phenoxy) is 1. The van der Waals surface area contributed by atoms with E-state index in [4.69, 9.17) is 4.74 Å². The summed E-state index contributed by atoms with van der Waals surface area (Å²) in [6.45, 7) is 3.47. The van der Waals surface area contributed by atoms with E-state index in [1.807, 2.05) is 42.8 Å². The van der Waals surface area contributed by atoms with Gasteiger partial charge in [-0.15, -0.1) is 0 Å². The molecule has 0 bridgehead atoms. The minimum atomic E-state index is -0.984. The lowest BCUT2D eigenvalue weighted by Gasteiger charge is -2.30. The smallest absolute Gasteiger partial charge is 0.247 e. The van der Waals surface area contributed by atoms with Crippen molar-refractivity contribution in [3.8, 4) is 0 Å². The molecule has 0 spiro atoms. The second kappa shape index (κ2) is 9.75. The minimum Gasteiger partial charge on any atom is -0.382 e. The molecule has 4 rings (SSSR count). The van der Waals surface area contributed by atoms with Gasteiger partial charge in [-0.2, -0.15) is 0 Å². The van der Waals surface area contributed by atoms with Gasteiger partial charge >= 0.3 is 0 Å². The summed E-state index contributed by atoms with van der Waals surface area (Å²) in [7, 11) is 1.93. The molecule has 32 heavy (non-hydrogen) atoms. The van der Waals surface area contributed by atoms with Crippen LogP contribution in [0.3, 0.4) is 0 Å². The number of carbonyl (C=O) groups excluding carboxylic acids is 2. The normalized spacial score (nSPS) is 16.2. The van der Waals surface area contributed by atoms with Gasteiger partial charge in [-0.3, -0.25) is 14.5 Å². The lowest BCUT2D eigenvalue weighted by molar-refractivity contribution is -0.125. The first kappa shape index (κ1) is 22.4. The Balaban J connectivity index is 1.82. The van der Waals surface area contributed by atoms with Gasteiger partial charge in [0.05, 0.1) is 16.5 Å². The highest BCUT2D eigenvalue weighted by Gasteiger charge is 2.40. The summed E-state index contributed by atoms with van der Waals surface area (Å²) in [6.07, 6.45) is 0.650. The summed E-state index contributed by atoms with van der Waals surface area (Å²) in [5.74, 6) is -1.07. The quantitative estimate of drug-likeness (QED) is 0.546. The fraction of sp³-hybridized carbons (Fsp3) is 0.333. The predicted octanol–water partition coefficient (Wildman–Crippen LogP) is 4.04. The van der Waals surface area contributed by atoms with Crippen LogP contribution in [0, 0.1) is 5.82 Å². The number of halogens is 1. The van der Waals surface area contributed by atoms with Gasteiger partial charge < -0.3 is 14.6 Å². The van der Waals surface area contributed by atoms with E-state index < -0.39 is 11.9 Å². The van der Waals surface area contributed by atoms with Gasteiger partial charge in [0.25, 0.3) is 0 Å². The van der Waals surface area contributed by atoms with E-state index >= 15 is 0 Å². The first-order chi connectivity index (χ1) is 15.5. The molecule has 0 fully saturated rings. The number of hydrogen-bond acceptors (Lipinski definition) is 4. The number of nitrogens with zero attached hydrogens (tertiary/aromatic N) is 2. The number of aromatic nitrogens is 1. The van der Waals surface area contributed by atoms with Crippen molar-refractivity contribution in [1.29, 1.82) is 0 Å². The second-order valence-electron chi connectivity index (χ2n) is 7.54. The predicted molar refractivity (Wildman–Crippen MR) is 124 cm³/mol. The molecule has 2 amide bonds. The standard InChI is InChI=1S/C24H26FN3O3S/c1-3-31-14-8-13-26-23(30)22-21-16-9-4-6-11-18(16)27(2)24(21)32-15-20(29)28(22)19-12-7-5-10-17(19)25/h4-7,9-12,22H,3,8,13-15H2,1-2H3,(H,26,30)/t22-/m0/s1. The lowest BCUT2D eigenvalue weighted by Crippen LogP contribution is -2.44. The first-order valence-electron chi connectivity index (χ1n) is 10.7.